The number of hydrogen-bond donors (Lipinski definition) is 0. The second kappa shape index (κ2) is 7.56. The summed E-state index contributed by atoms with van der Waals surface area (Å²) in [4.78, 5) is 30.5. The van der Waals surface area contributed by atoms with Gasteiger partial charge >= 0.3 is 0 Å². The summed E-state index contributed by atoms with van der Waals surface area (Å²) in [5.41, 5.74) is 0.761. The van der Waals surface area contributed by atoms with Crippen molar-refractivity contribution in [3.05, 3.63) is 70.6 Å². The van der Waals surface area contributed by atoms with Crippen LogP contribution in [0.1, 0.15) is 24.3 Å². The molecule has 3 aromatic rings. The molecule has 1 fully saturated rings. The molecule has 28 heavy (non-hydrogen) atoms. The smallest absolute Gasteiger partial charge is 0.279 e. The topological polar surface area (TPSA) is 58.4 Å². The molecule has 6 heteroatoms. The lowest BCUT2D eigenvalue weighted by Crippen LogP contribution is -2.51. The minimum atomic E-state index is -0.219. The Labute approximate surface area is 164 Å². The van der Waals surface area contributed by atoms with Gasteiger partial charge in [-0.2, -0.15) is 9.78 Å². The number of carbonyl (C=O) groups excluding carboxylic acids is 1. The maximum atomic E-state index is 13.3. The van der Waals surface area contributed by atoms with Gasteiger partial charge in [-0.25, -0.2) is 0 Å². The summed E-state index contributed by atoms with van der Waals surface area (Å²) in [6.07, 6.45) is 0. The van der Waals surface area contributed by atoms with Crippen LogP contribution in [-0.2, 0) is 0 Å². The van der Waals surface area contributed by atoms with E-state index in [9.17, 15) is 9.59 Å². The normalized spacial score (nSPS) is 15.3. The number of piperazine rings is 1. The largest absolute Gasteiger partial charge is 0.335 e. The Bertz CT molecular complexity index is 1050. The van der Waals surface area contributed by atoms with Gasteiger partial charge in [0.15, 0.2) is 5.69 Å². The van der Waals surface area contributed by atoms with E-state index in [-0.39, 0.29) is 11.5 Å². The fourth-order valence-electron chi connectivity index (χ4n) is 3.68. The number of carbonyl (C=O) groups is 1. The monoisotopic (exact) mass is 376 g/mol. The van der Waals surface area contributed by atoms with Gasteiger partial charge in [-0.3, -0.25) is 14.5 Å². The third-order valence-corrected chi connectivity index (χ3v) is 5.34. The van der Waals surface area contributed by atoms with Gasteiger partial charge in [-0.15, -0.1) is 0 Å². The van der Waals surface area contributed by atoms with Crippen molar-refractivity contribution in [2.75, 3.05) is 26.2 Å². The summed E-state index contributed by atoms with van der Waals surface area (Å²) in [6.45, 7) is 7.36. The maximum Gasteiger partial charge on any atom is 0.279 e. The van der Waals surface area contributed by atoms with Gasteiger partial charge < -0.3 is 4.90 Å². The zero-order valence-electron chi connectivity index (χ0n) is 16.2. The van der Waals surface area contributed by atoms with Crippen molar-refractivity contribution >= 4 is 16.7 Å². The Hall–Kier alpha value is -2.99. The first kappa shape index (κ1) is 18.4. The number of fused-ring (bicyclic) bond motifs is 1. The fraction of sp³-hybridized carbons (Fsp3) is 0.318. The third-order valence-electron chi connectivity index (χ3n) is 5.34. The minimum absolute atomic E-state index is 0.121. The number of rotatable bonds is 3. The van der Waals surface area contributed by atoms with E-state index in [2.05, 4.69) is 23.8 Å². The van der Waals surface area contributed by atoms with Crippen molar-refractivity contribution < 1.29 is 4.79 Å². The van der Waals surface area contributed by atoms with Crippen molar-refractivity contribution in [1.29, 1.82) is 0 Å². The fourth-order valence-corrected chi connectivity index (χ4v) is 3.68. The van der Waals surface area contributed by atoms with Gasteiger partial charge in [0.2, 0.25) is 0 Å². The zero-order chi connectivity index (χ0) is 19.7. The number of hydrogen-bond acceptors (Lipinski definition) is 4. The van der Waals surface area contributed by atoms with Gasteiger partial charge in [0, 0.05) is 37.6 Å². The number of amides is 1. The summed E-state index contributed by atoms with van der Waals surface area (Å²) in [6, 6.07) is 16.9. The average molecular weight is 376 g/mol. The lowest BCUT2D eigenvalue weighted by Gasteiger charge is -2.36. The summed E-state index contributed by atoms with van der Waals surface area (Å²) in [7, 11) is 0. The maximum absolute atomic E-state index is 13.3. The molecule has 1 aliphatic rings. The number of benzene rings is 2. The highest BCUT2D eigenvalue weighted by atomic mass is 16.2. The molecule has 1 saturated heterocycles. The molecular formula is C22H24N4O2. The van der Waals surface area contributed by atoms with Crippen molar-refractivity contribution in [1.82, 2.24) is 19.6 Å². The molecule has 0 N–H and O–H groups in total. The highest BCUT2D eigenvalue weighted by Gasteiger charge is 2.26. The Morgan fingerprint density at radius 2 is 1.50 bits per heavy atom. The summed E-state index contributed by atoms with van der Waals surface area (Å²) >= 11 is 0. The van der Waals surface area contributed by atoms with E-state index >= 15 is 0 Å². The van der Waals surface area contributed by atoms with Crippen LogP contribution < -0.4 is 5.56 Å². The Balaban J connectivity index is 1.77. The highest BCUT2D eigenvalue weighted by molar-refractivity contribution is 6.04. The van der Waals surface area contributed by atoms with Crippen LogP contribution in [0.5, 0.6) is 0 Å². The minimum Gasteiger partial charge on any atom is -0.335 e. The number of aromatic nitrogens is 2. The Morgan fingerprint density at radius 1 is 0.893 bits per heavy atom. The van der Waals surface area contributed by atoms with Gasteiger partial charge in [0.1, 0.15) is 0 Å². The summed E-state index contributed by atoms with van der Waals surface area (Å²) in [5, 5.41) is 5.61. The van der Waals surface area contributed by atoms with Crippen molar-refractivity contribution in [2.45, 2.75) is 19.9 Å². The van der Waals surface area contributed by atoms with Crippen LogP contribution in [0.25, 0.3) is 16.5 Å². The predicted octanol–water partition coefficient (Wildman–Crippen LogP) is 2.55. The second-order valence-corrected chi connectivity index (χ2v) is 7.37. The first-order chi connectivity index (χ1) is 13.6. The van der Waals surface area contributed by atoms with Gasteiger partial charge in [0.05, 0.1) is 11.1 Å². The Kier molecular flexibility index (Phi) is 4.96. The lowest BCUT2D eigenvalue weighted by molar-refractivity contribution is 0.0590. The molecule has 0 bridgehead atoms. The van der Waals surface area contributed by atoms with Gasteiger partial charge in [-0.05, 0) is 32.0 Å². The molecule has 0 radical (unpaired) electrons. The molecule has 0 aliphatic carbocycles. The molecule has 1 aliphatic heterocycles. The van der Waals surface area contributed by atoms with Crippen LogP contribution in [0, 0.1) is 0 Å². The van der Waals surface area contributed by atoms with E-state index in [1.807, 2.05) is 47.4 Å². The van der Waals surface area contributed by atoms with Crippen LogP contribution >= 0.6 is 0 Å². The molecule has 0 saturated carbocycles. The lowest BCUT2D eigenvalue weighted by atomic mass is 10.1. The molecule has 144 valence electrons. The molecule has 6 nitrogen and oxygen atoms in total. The highest BCUT2D eigenvalue weighted by Crippen LogP contribution is 2.18. The first-order valence-electron chi connectivity index (χ1n) is 9.67. The molecule has 1 aromatic heterocycles. The van der Waals surface area contributed by atoms with E-state index in [1.54, 1.807) is 12.1 Å². The van der Waals surface area contributed by atoms with Crippen LogP contribution in [0.2, 0.25) is 0 Å². The standard InChI is InChI=1S/C22H24N4O2/c1-16(2)24-12-14-25(15-13-24)22(28)20-18-10-6-7-11-19(18)21(27)26(23-20)17-8-4-3-5-9-17/h3-11,16H,12-15H2,1-2H3. The van der Waals surface area contributed by atoms with Gasteiger partial charge in [0.25, 0.3) is 11.5 Å². The van der Waals surface area contributed by atoms with Crippen LogP contribution in [0.4, 0.5) is 0 Å². The number of nitrogens with zero attached hydrogens (tertiary/aromatic N) is 4. The Morgan fingerprint density at radius 3 is 2.14 bits per heavy atom. The van der Waals surface area contributed by atoms with Crippen molar-refractivity contribution in [2.24, 2.45) is 0 Å². The van der Waals surface area contributed by atoms with Crippen LogP contribution in [0.3, 0.4) is 0 Å². The SMILES string of the molecule is CC(C)N1CCN(C(=O)c2nn(-c3ccccc3)c(=O)c3ccccc23)CC1. The third kappa shape index (κ3) is 3.31. The molecule has 2 heterocycles. The zero-order valence-corrected chi connectivity index (χ0v) is 16.2. The van der Waals surface area contributed by atoms with Crippen molar-refractivity contribution in [3.63, 3.8) is 0 Å². The van der Waals surface area contributed by atoms with E-state index < -0.39 is 0 Å². The van der Waals surface area contributed by atoms with E-state index in [0.717, 1.165) is 13.1 Å². The molecular weight excluding hydrogens is 352 g/mol. The van der Waals surface area contributed by atoms with E-state index in [1.165, 1.54) is 4.68 Å². The van der Waals surface area contributed by atoms with E-state index in [4.69, 9.17) is 0 Å². The van der Waals surface area contributed by atoms with Crippen LogP contribution in [-0.4, -0.2) is 57.7 Å². The second-order valence-electron chi connectivity index (χ2n) is 7.37. The molecule has 0 unspecified atom stereocenters. The first-order valence-corrected chi connectivity index (χ1v) is 9.67. The average Bonchev–Trinajstić information content (AvgIpc) is 2.74. The number of para-hydroxylation sites is 1. The van der Waals surface area contributed by atoms with Crippen LogP contribution in [0.15, 0.2) is 59.4 Å². The summed E-state index contributed by atoms with van der Waals surface area (Å²) in [5.74, 6) is -0.121. The van der Waals surface area contributed by atoms with Gasteiger partial charge in [-0.1, -0.05) is 36.4 Å². The summed E-state index contributed by atoms with van der Waals surface area (Å²) < 4.78 is 1.33. The predicted molar refractivity (Wildman–Crippen MR) is 110 cm³/mol. The molecule has 4 rings (SSSR count). The molecule has 1 amide bonds. The van der Waals surface area contributed by atoms with E-state index in [0.29, 0.717) is 41.3 Å². The molecule has 0 spiro atoms. The molecule has 2 aromatic carbocycles. The van der Waals surface area contributed by atoms with Crippen molar-refractivity contribution in [3.8, 4) is 5.69 Å². The quantitative estimate of drug-likeness (QED) is 0.705. The molecule has 0 atom stereocenters.